The standard InChI is InChI=1S/C22H32O4S/c1-21-9-7-17-15(16(21)5-6-18(21)24)4-3-13-11-14(23)12-19(22(13,17)2)27-10-8-20(25)26/h3,14-17,19,23H,4-12H2,1-2H3,(H,25,26)/t14-,15+,16+,17+,19?,21+,22+/m1/s1. The van der Waals surface area contributed by atoms with E-state index in [0.717, 1.165) is 44.9 Å². The molecule has 2 N–H and O–H groups in total. The minimum absolute atomic E-state index is 0.0261. The van der Waals surface area contributed by atoms with Crippen LogP contribution in [0.3, 0.4) is 0 Å². The molecule has 0 radical (unpaired) electrons. The molecule has 3 saturated carbocycles. The van der Waals surface area contributed by atoms with Gasteiger partial charge in [-0.3, -0.25) is 9.59 Å². The Morgan fingerprint density at radius 2 is 2.07 bits per heavy atom. The average Bonchev–Trinajstić information content (AvgIpc) is 2.91. The zero-order chi connectivity index (χ0) is 19.4. The number of rotatable bonds is 4. The van der Waals surface area contributed by atoms with Crippen molar-refractivity contribution in [3.63, 3.8) is 0 Å². The highest BCUT2D eigenvalue weighted by molar-refractivity contribution is 7.99. The molecule has 0 aromatic carbocycles. The third-order valence-electron chi connectivity index (χ3n) is 8.49. The van der Waals surface area contributed by atoms with Crippen LogP contribution in [-0.2, 0) is 9.59 Å². The second kappa shape index (κ2) is 6.91. The van der Waals surface area contributed by atoms with Crippen LogP contribution in [0, 0.1) is 28.6 Å². The van der Waals surface area contributed by atoms with Crippen molar-refractivity contribution >= 4 is 23.5 Å². The van der Waals surface area contributed by atoms with Gasteiger partial charge in [-0.05, 0) is 56.3 Å². The lowest BCUT2D eigenvalue weighted by atomic mass is 9.48. The average molecular weight is 393 g/mol. The number of carbonyl (C=O) groups excluding carboxylic acids is 1. The molecule has 27 heavy (non-hydrogen) atoms. The summed E-state index contributed by atoms with van der Waals surface area (Å²) < 4.78 is 0. The highest BCUT2D eigenvalue weighted by atomic mass is 32.2. The second-order valence-corrected chi connectivity index (χ2v) is 11.0. The van der Waals surface area contributed by atoms with Gasteiger partial charge < -0.3 is 10.2 Å². The van der Waals surface area contributed by atoms with E-state index in [9.17, 15) is 14.7 Å². The highest BCUT2D eigenvalue weighted by Crippen LogP contribution is 2.65. The summed E-state index contributed by atoms with van der Waals surface area (Å²) in [5.41, 5.74) is 1.30. The van der Waals surface area contributed by atoms with E-state index in [1.165, 1.54) is 5.57 Å². The number of hydrogen-bond acceptors (Lipinski definition) is 4. The van der Waals surface area contributed by atoms with Crippen molar-refractivity contribution in [3.05, 3.63) is 11.6 Å². The fourth-order valence-corrected chi connectivity index (χ4v) is 8.58. The van der Waals surface area contributed by atoms with Crippen molar-refractivity contribution in [2.75, 3.05) is 5.75 Å². The molecule has 5 heteroatoms. The number of fused-ring (bicyclic) bond motifs is 5. The normalized spacial score (nSPS) is 46.3. The van der Waals surface area contributed by atoms with Gasteiger partial charge in [-0.25, -0.2) is 0 Å². The maximum absolute atomic E-state index is 12.6. The molecule has 4 nitrogen and oxygen atoms in total. The maximum atomic E-state index is 12.6. The molecule has 0 aromatic rings. The number of hydrogen-bond donors (Lipinski definition) is 2. The quantitative estimate of drug-likeness (QED) is 0.706. The smallest absolute Gasteiger partial charge is 0.304 e. The molecule has 3 fully saturated rings. The molecule has 4 aliphatic carbocycles. The molecule has 1 unspecified atom stereocenters. The molecule has 0 heterocycles. The monoisotopic (exact) mass is 392 g/mol. The number of carbonyl (C=O) groups is 2. The van der Waals surface area contributed by atoms with E-state index < -0.39 is 5.97 Å². The van der Waals surface area contributed by atoms with Crippen molar-refractivity contribution in [1.29, 1.82) is 0 Å². The first-order chi connectivity index (χ1) is 12.8. The lowest BCUT2D eigenvalue weighted by Crippen LogP contribution is -2.54. The van der Waals surface area contributed by atoms with E-state index in [-0.39, 0.29) is 28.6 Å². The van der Waals surface area contributed by atoms with Gasteiger partial charge in [0.2, 0.25) is 0 Å². The Bertz CT molecular complexity index is 673. The van der Waals surface area contributed by atoms with Crippen molar-refractivity contribution in [2.45, 2.75) is 76.6 Å². The van der Waals surface area contributed by atoms with Gasteiger partial charge in [0.05, 0.1) is 12.5 Å². The molecule has 0 aliphatic heterocycles. The molecule has 0 aromatic heterocycles. The summed E-state index contributed by atoms with van der Waals surface area (Å²) in [7, 11) is 0. The fourth-order valence-electron chi connectivity index (χ4n) is 6.98. The minimum Gasteiger partial charge on any atom is -0.481 e. The Morgan fingerprint density at radius 1 is 1.30 bits per heavy atom. The van der Waals surface area contributed by atoms with Gasteiger partial charge in [0.1, 0.15) is 5.78 Å². The number of aliphatic hydroxyl groups is 1. The number of carboxylic acids is 1. The molecular weight excluding hydrogens is 360 g/mol. The Morgan fingerprint density at radius 3 is 2.81 bits per heavy atom. The summed E-state index contributed by atoms with van der Waals surface area (Å²) in [4.78, 5) is 23.6. The molecule has 0 bridgehead atoms. The number of ketones is 1. The molecule has 0 saturated heterocycles. The number of aliphatic carboxylic acids is 1. The van der Waals surface area contributed by atoms with Gasteiger partial charge in [-0.1, -0.05) is 25.5 Å². The first-order valence-electron chi connectivity index (χ1n) is 10.5. The summed E-state index contributed by atoms with van der Waals surface area (Å²) in [6.45, 7) is 4.58. The van der Waals surface area contributed by atoms with Crippen LogP contribution in [0.4, 0.5) is 0 Å². The Hall–Kier alpha value is -0.810. The second-order valence-electron chi connectivity index (χ2n) is 9.64. The SMILES string of the molecule is C[C@]12CC[C@H]3[C@@H](CC=C4C[C@@H](O)CC(SCCC(=O)O)[C@@]43C)[C@@H]1CCC2=O. The Kier molecular flexibility index (Phi) is 4.99. The number of thioether (sulfide) groups is 1. The number of Topliss-reactive ketones (excluding diaryl/α,β-unsaturated/α-hetero) is 1. The molecular formula is C22H32O4S. The van der Waals surface area contributed by atoms with Gasteiger partial charge >= 0.3 is 5.97 Å². The van der Waals surface area contributed by atoms with Gasteiger partial charge in [0, 0.05) is 28.3 Å². The van der Waals surface area contributed by atoms with Crippen LogP contribution < -0.4 is 0 Å². The van der Waals surface area contributed by atoms with Gasteiger partial charge in [0.15, 0.2) is 0 Å². The predicted molar refractivity (Wildman–Crippen MR) is 107 cm³/mol. The van der Waals surface area contributed by atoms with E-state index in [4.69, 9.17) is 5.11 Å². The van der Waals surface area contributed by atoms with Crippen LogP contribution in [-0.4, -0.2) is 39.1 Å². The lowest BCUT2D eigenvalue weighted by molar-refractivity contribution is -0.136. The molecule has 0 amide bonds. The zero-order valence-electron chi connectivity index (χ0n) is 16.4. The largest absolute Gasteiger partial charge is 0.481 e. The molecule has 0 spiro atoms. The summed E-state index contributed by atoms with van der Waals surface area (Å²) in [5, 5.41) is 19.7. The van der Waals surface area contributed by atoms with Crippen LogP contribution >= 0.6 is 11.8 Å². The molecule has 7 atom stereocenters. The number of aliphatic hydroxyl groups excluding tert-OH is 1. The minimum atomic E-state index is -0.751. The van der Waals surface area contributed by atoms with Crippen LogP contribution in [0.1, 0.15) is 65.2 Å². The third-order valence-corrected chi connectivity index (χ3v) is 10.0. The maximum Gasteiger partial charge on any atom is 0.304 e. The topological polar surface area (TPSA) is 74.6 Å². The Balaban J connectivity index is 1.63. The number of allylic oxidation sites excluding steroid dienone is 1. The third kappa shape index (κ3) is 3.00. The van der Waals surface area contributed by atoms with Crippen LogP contribution in [0.5, 0.6) is 0 Å². The molecule has 150 valence electrons. The summed E-state index contributed by atoms with van der Waals surface area (Å²) in [6.07, 6.45) is 8.66. The highest BCUT2D eigenvalue weighted by Gasteiger charge is 2.60. The van der Waals surface area contributed by atoms with E-state index in [2.05, 4.69) is 19.9 Å². The van der Waals surface area contributed by atoms with Crippen molar-refractivity contribution in [3.8, 4) is 0 Å². The lowest BCUT2D eigenvalue weighted by Gasteiger charge is -2.59. The first-order valence-corrected chi connectivity index (χ1v) is 11.6. The molecule has 4 rings (SSSR count). The Labute approximate surface area is 166 Å². The van der Waals surface area contributed by atoms with Crippen LogP contribution in [0.25, 0.3) is 0 Å². The molecule has 4 aliphatic rings. The van der Waals surface area contributed by atoms with Crippen molar-refractivity contribution in [1.82, 2.24) is 0 Å². The fraction of sp³-hybridized carbons (Fsp3) is 0.818. The van der Waals surface area contributed by atoms with E-state index in [0.29, 0.717) is 29.3 Å². The van der Waals surface area contributed by atoms with Gasteiger partial charge in [-0.15, -0.1) is 0 Å². The summed E-state index contributed by atoms with van der Waals surface area (Å²) in [6, 6.07) is 0. The van der Waals surface area contributed by atoms with E-state index in [1.807, 2.05) is 0 Å². The predicted octanol–water partition coefficient (Wildman–Crippen LogP) is 4.07. The van der Waals surface area contributed by atoms with E-state index >= 15 is 0 Å². The first kappa shape index (κ1) is 19.5. The van der Waals surface area contributed by atoms with Gasteiger partial charge in [-0.2, -0.15) is 11.8 Å². The van der Waals surface area contributed by atoms with Crippen molar-refractivity contribution in [2.24, 2.45) is 28.6 Å². The van der Waals surface area contributed by atoms with Crippen LogP contribution in [0.2, 0.25) is 0 Å². The zero-order valence-corrected chi connectivity index (χ0v) is 17.3. The van der Waals surface area contributed by atoms with Crippen LogP contribution in [0.15, 0.2) is 11.6 Å². The van der Waals surface area contributed by atoms with E-state index in [1.54, 1.807) is 11.8 Å². The summed E-state index contributed by atoms with van der Waals surface area (Å²) in [5.74, 6) is 1.93. The number of carboxylic acid groups (broad SMARTS) is 1. The van der Waals surface area contributed by atoms with Gasteiger partial charge in [0.25, 0.3) is 0 Å². The van der Waals surface area contributed by atoms with Crippen molar-refractivity contribution < 1.29 is 19.8 Å². The summed E-state index contributed by atoms with van der Waals surface area (Å²) >= 11 is 1.75.